The molecular formula is C55H67ClN12O8S. The summed E-state index contributed by atoms with van der Waals surface area (Å²) >= 11 is 5.73. The molecule has 20 nitrogen and oxygen atoms in total. The Kier molecular flexibility index (Phi) is 23.4. The molecule has 0 bridgehead atoms. The number of amides is 4. The number of rotatable bonds is 16. The second-order valence-electron chi connectivity index (χ2n) is 17.0. The smallest absolute Gasteiger partial charge is 0.267 e. The van der Waals surface area contributed by atoms with Gasteiger partial charge in [0, 0.05) is 112 Å². The number of halogens is 1. The number of methoxy groups -OCH3 is 2. The molecule has 0 radical (unpaired) electrons. The Morgan fingerprint density at radius 3 is 1.55 bits per heavy atom. The van der Waals surface area contributed by atoms with Crippen LogP contribution < -0.4 is 50.4 Å². The highest BCUT2D eigenvalue weighted by Crippen LogP contribution is 2.33. The zero-order chi connectivity index (χ0) is 54.0. The number of nitrogen functional groups attached to an aromatic ring is 1. The minimum absolute atomic E-state index is 0. The lowest BCUT2D eigenvalue weighted by molar-refractivity contribution is -0.128. The lowest BCUT2D eigenvalue weighted by Gasteiger charge is -2.27. The van der Waals surface area contributed by atoms with Crippen LogP contribution in [0.2, 0.25) is 5.28 Å². The van der Waals surface area contributed by atoms with Gasteiger partial charge in [-0.05, 0) is 109 Å². The zero-order valence-electron chi connectivity index (χ0n) is 43.2. The number of carbonyl (C=O) groups is 4. The van der Waals surface area contributed by atoms with E-state index >= 15 is 0 Å². The number of nitrogens with two attached hydrogens (primary N) is 1. The molecule has 0 saturated carbocycles. The number of ether oxygens (including phenoxy) is 4. The predicted octanol–water partition coefficient (Wildman–Crippen LogP) is 9.33. The van der Waals surface area contributed by atoms with E-state index in [0.717, 1.165) is 61.8 Å². The van der Waals surface area contributed by atoms with Crippen molar-refractivity contribution in [2.24, 2.45) is 0 Å². The Bertz CT molecular complexity index is 2950. The van der Waals surface area contributed by atoms with Crippen molar-refractivity contribution in [1.29, 1.82) is 0 Å². The molecule has 2 aromatic heterocycles. The van der Waals surface area contributed by atoms with Crippen molar-refractivity contribution in [3.05, 3.63) is 140 Å². The number of aromatic nitrogens is 4. The van der Waals surface area contributed by atoms with Gasteiger partial charge in [0.1, 0.15) is 11.5 Å². The van der Waals surface area contributed by atoms with E-state index < -0.39 is 0 Å². The molecule has 2 aliphatic rings. The van der Waals surface area contributed by atoms with Gasteiger partial charge in [-0.3, -0.25) is 19.2 Å². The summed E-state index contributed by atoms with van der Waals surface area (Å²) in [4.78, 5) is 70.5. The number of anilines is 7. The summed E-state index contributed by atoms with van der Waals surface area (Å²) in [6.07, 6.45) is 7.29. The molecule has 6 aromatic rings. The molecule has 22 heteroatoms. The van der Waals surface area contributed by atoms with Crippen molar-refractivity contribution in [2.75, 3.05) is 86.0 Å². The summed E-state index contributed by atoms with van der Waals surface area (Å²) in [6, 6.07) is 30.2. The Morgan fingerprint density at radius 2 is 1.12 bits per heavy atom. The summed E-state index contributed by atoms with van der Waals surface area (Å²) in [5, 5.41) is 8.55. The van der Waals surface area contributed by atoms with Crippen LogP contribution in [-0.2, 0) is 19.2 Å². The fourth-order valence-electron chi connectivity index (χ4n) is 7.79. The third-order valence-corrected chi connectivity index (χ3v) is 12.2. The molecular weight excluding hydrogens is 1020 g/mol. The van der Waals surface area contributed by atoms with Crippen molar-refractivity contribution < 1.29 is 38.1 Å². The first-order valence-electron chi connectivity index (χ1n) is 23.7. The van der Waals surface area contributed by atoms with Gasteiger partial charge in [0.25, 0.3) is 11.8 Å². The molecule has 0 unspecified atom stereocenters. The first-order valence-corrected chi connectivity index (χ1v) is 24.0. The topological polar surface area (TPSA) is 232 Å². The Balaban J connectivity index is 0.000000271. The molecule has 4 heterocycles. The first kappa shape index (κ1) is 61.0. The van der Waals surface area contributed by atoms with Crippen LogP contribution in [0.25, 0.3) is 0 Å². The number of likely N-dealkylation sites (N-methyl/N-ethyl adjacent to an activating group) is 2. The fourth-order valence-corrected chi connectivity index (χ4v) is 7.91. The third-order valence-electron chi connectivity index (χ3n) is 12.0. The van der Waals surface area contributed by atoms with Gasteiger partial charge in [-0.15, -0.1) is 0 Å². The molecule has 77 heavy (non-hydrogen) atoms. The molecule has 2 saturated heterocycles. The molecule has 2 atom stereocenters. The van der Waals surface area contributed by atoms with Gasteiger partial charge in [0.15, 0.2) is 11.5 Å². The summed E-state index contributed by atoms with van der Waals surface area (Å²) in [5.41, 5.74) is 10.6. The van der Waals surface area contributed by atoms with Gasteiger partial charge in [0.2, 0.25) is 34.9 Å². The highest BCUT2D eigenvalue weighted by molar-refractivity contribution is 7.59. The second kappa shape index (κ2) is 29.5. The Hall–Kier alpha value is -8.56. The van der Waals surface area contributed by atoms with Crippen LogP contribution in [0.4, 0.5) is 40.1 Å². The van der Waals surface area contributed by atoms with Crippen LogP contribution in [0.1, 0.15) is 34.1 Å². The average Bonchev–Trinajstić information content (AvgIpc) is 4.12. The molecule has 2 aliphatic heterocycles. The van der Waals surface area contributed by atoms with Gasteiger partial charge in [0.05, 0.1) is 26.6 Å². The zero-order valence-corrected chi connectivity index (χ0v) is 44.9. The maximum atomic E-state index is 11.7. The van der Waals surface area contributed by atoms with Crippen molar-refractivity contribution in [2.45, 2.75) is 46.2 Å². The molecule has 4 amide bonds. The molecule has 5 N–H and O–H groups in total. The summed E-state index contributed by atoms with van der Waals surface area (Å²) in [7, 11) is 7.10. The largest absolute Gasteiger partial charge is 0.490 e. The van der Waals surface area contributed by atoms with Crippen LogP contribution in [-0.4, -0.2) is 120 Å². The second-order valence-corrected chi connectivity index (χ2v) is 17.4. The predicted molar refractivity (Wildman–Crippen MR) is 309 cm³/mol. The lowest BCUT2D eigenvalue weighted by atomic mass is 10.2. The maximum Gasteiger partial charge on any atom is 0.267 e. The number of hydrogen-bond acceptors (Lipinski definition) is 16. The molecule has 2 fully saturated rings. The monoisotopic (exact) mass is 1090 g/mol. The van der Waals surface area contributed by atoms with E-state index in [1.54, 1.807) is 62.4 Å². The Morgan fingerprint density at radius 1 is 0.675 bits per heavy atom. The minimum Gasteiger partial charge on any atom is -0.490 e. The molecule has 8 rings (SSSR count). The molecule has 0 aliphatic carbocycles. The molecule has 408 valence electrons. The lowest BCUT2D eigenvalue weighted by Crippen LogP contribution is -2.35. The SMILES string of the molecule is C.C=CC(=O)Nc1cccc(Oc2nc(Cl)ncc2OC)c1.C=CC(=O)Nc1cccc(Oc2nc(Nc3ccc(N(C)[C@H]4CCN(C(C)=O)C4)cc3)ncc2OC)c1.CC(=O)N1CC[C@H](N(C)c2ccc(N)cc2)C1.S. The highest BCUT2D eigenvalue weighted by Gasteiger charge is 2.28. The van der Waals surface area contributed by atoms with Crippen molar-refractivity contribution in [3.8, 4) is 34.8 Å². The van der Waals surface area contributed by atoms with Gasteiger partial charge >= 0.3 is 0 Å². The van der Waals surface area contributed by atoms with E-state index in [1.807, 2.05) is 65.4 Å². The number of hydrogen-bond donors (Lipinski definition) is 4. The van der Waals surface area contributed by atoms with Crippen LogP contribution in [0, 0.1) is 0 Å². The molecule has 4 aromatic carbocycles. The van der Waals surface area contributed by atoms with E-state index in [4.69, 9.17) is 36.3 Å². The van der Waals surface area contributed by atoms with Gasteiger partial charge in [-0.2, -0.15) is 23.5 Å². The van der Waals surface area contributed by atoms with Gasteiger partial charge in [-0.25, -0.2) is 9.97 Å². The van der Waals surface area contributed by atoms with E-state index in [1.165, 1.54) is 38.8 Å². The van der Waals surface area contributed by atoms with Gasteiger partial charge < -0.3 is 60.2 Å². The van der Waals surface area contributed by atoms with Crippen LogP contribution >= 0.6 is 25.1 Å². The van der Waals surface area contributed by atoms with Crippen molar-refractivity contribution in [1.82, 2.24) is 29.7 Å². The average molecular weight is 1090 g/mol. The van der Waals surface area contributed by atoms with E-state index in [9.17, 15) is 19.2 Å². The normalized spacial score (nSPS) is 14.0. The van der Waals surface area contributed by atoms with Crippen molar-refractivity contribution in [3.63, 3.8) is 0 Å². The quantitative estimate of drug-likeness (QED) is 0.0402. The number of likely N-dealkylation sites (tertiary alicyclic amines) is 2. The minimum atomic E-state index is -0.318. The number of carbonyl (C=O) groups excluding carboxylic acids is 4. The third kappa shape index (κ3) is 17.8. The number of nitrogens with zero attached hydrogens (tertiary/aromatic N) is 8. The van der Waals surface area contributed by atoms with Crippen molar-refractivity contribution >= 4 is 88.8 Å². The van der Waals surface area contributed by atoms with E-state index in [2.05, 4.69) is 65.9 Å². The maximum absolute atomic E-state index is 11.7. The number of nitrogens with one attached hydrogen (secondary N) is 3. The van der Waals surface area contributed by atoms with Gasteiger partial charge in [-0.1, -0.05) is 32.7 Å². The summed E-state index contributed by atoms with van der Waals surface area (Å²) in [6.45, 7) is 13.3. The number of benzene rings is 4. The van der Waals surface area contributed by atoms with Crippen LogP contribution in [0.5, 0.6) is 34.8 Å². The first-order chi connectivity index (χ1) is 36.0. The summed E-state index contributed by atoms with van der Waals surface area (Å²) < 4.78 is 22.0. The van der Waals surface area contributed by atoms with E-state index in [0.29, 0.717) is 46.4 Å². The van der Waals surface area contributed by atoms with Crippen LogP contribution in [0.3, 0.4) is 0 Å². The standard InChI is InChI=1S/C27H30N6O4.C14H12ClN3O3.C13H19N3O.CH4.H2S/c1-5-25(35)29-20-7-6-8-23(15-20)37-26-24(36-4)16-28-27(31-26)30-19-9-11-21(12-10-19)32(3)22-13-14-33(17-22)18(2)34;1-3-12(19)17-9-5-4-6-10(7-9)21-13-11(20-2)8-16-14(15)18-13;1-10(17)16-8-7-13(9-16)15(2)12-5-3-11(14)4-6-12;;/h5-12,15-16,22H,1,13-14,17H2,2-4H3,(H,29,35)(H,28,30,31);3-8H,1H2,2H3,(H,17,19);3-6,13H,7-9,14H2,1-2H3;1H4;1H2/t22-;;13-;;/m0.0../s1. The fraction of sp³-hybridized carbons (Fsp3) is 0.273. The Labute approximate surface area is 461 Å². The molecule has 0 spiro atoms. The summed E-state index contributed by atoms with van der Waals surface area (Å²) in [5.74, 6) is 2.03. The van der Waals surface area contributed by atoms with Crippen LogP contribution in [0.15, 0.2) is 135 Å². The highest BCUT2D eigenvalue weighted by atomic mass is 35.5. The van der Waals surface area contributed by atoms with E-state index in [-0.39, 0.29) is 67.6 Å².